The first kappa shape index (κ1) is 26.6. The predicted molar refractivity (Wildman–Crippen MR) is 123 cm³/mol. The van der Waals surface area contributed by atoms with Crippen LogP contribution in [0.2, 0.25) is 0 Å². The second kappa shape index (κ2) is 11.4. The van der Waals surface area contributed by atoms with E-state index in [9.17, 15) is 14.7 Å². The lowest BCUT2D eigenvalue weighted by Crippen LogP contribution is -2.58. The van der Waals surface area contributed by atoms with Gasteiger partial charge in [-0.1, -0.05) is 32.8 Å². The molecule has 3 saturated carbocycles. The fourth-order valence-corrected chi connectivity index (χ4v) is 6.70. The highest BCUT2D eigenvalue weighted by Gasteiger charge is 2.62. The van der Waals surface area contributed by atoms with Crippen molar-refractivity contribution in [2.24, 2.45) is 23.2 Å². The molecule has 0 aliphatic heterocycles. The molecule has 0 amide bonds. The Morgan fingerprint density at radius 3 is 2.41 bits per heavy atom. The van der Waals surface area contributed by atoms with Crippen molar-refractivity contribution in [2.75, 3.05) is 7.11 Å². The van der Waals surface area contributed by atoms with Crippen LogP contribution in [0.15, 0.2) is 11.6 Å². The van der Waals surface area contributed by atoms with Crippen LogP contribution < -0.4 is 0 Å². The van der Waals surface area contributed by atoms with Gasteiger partial charge in [0.25, 0.3) is 6.47 Å². The van der Waals surface area contributed by atoms with Gasteiger partial charge in [-0.25, -0.2) is 0 Å². The molecule has 6 heteroatoms. The summed E-state index contributed by atoms with van der Waals surface area (Å²) in [6.07, 6.45) is 11.0. The van der Waals surface area contributed by atoms with Crippen LogP contribution in [0.4, 0.5) is 0 Å². The summed E-state index contributed by atoms with van der Waals surface area (Å²) < 4.78 is 9.52. The number of hydrogen-bond acceptors (Lipinski definition) is 6. The maximum Gasteiger partial charge on any atom is 0.302 e. The molecule has 3 fully saturated rings. The third-order valence-corrected chi connectivity index (χ3v) is 7.98. The Balaban J connectivity index is 0.000000459. The van der Waals surface area contributed by atoms with Gasteiger partial charge in [-0.2, -0.15) is 0 Å². The maximum atomic E-state index is 12.0. The molecule has 0 radical (unpaired) electrons. The van der Waals surface area contributed by atoms with E-state index >= 15 is 0 Å². The van der Waals surface area contributed by atoms with Crippen molar-refractivity contribution in [3.63, 3.8) is 0 Å². The van der Waals surface area contributed by atoms with Crippen LogP contribution in [-0.4, -0.2) is 42.1 Å². The quantitative estimate of drug-likeness (QED) is 0.481. The molecule has 4 rings (SSSR count). The van der Waals surface area contributed by atoms with Crippen LogP contribution in [0.3, 0.4) is 0 Å². The minimum atomic E-state index is -0.677. The molecular formula is C26H42O6. The average molecular weight is 451 g/mol. The molecular weight excluding hydrogens is 408 g/mol. The van der Waals surface area contributed by atoms with Gasteiger partial charge >= 0.3 is 5.97 Å². The number of esters is 1. The zero-order valence-corrected chi connectivity index (χ0v) is 20.5. The highest BCUT2D eigenvalue weighted by Crippen LogP contribution is 2.63. The smallest absolute Gasteiger partial charge is 0.302 e. The lowest BCUT2D eigenvalue weighted by Gasteiger charge is -2.57. The number of carbonyl (C=O) groups is 3. The van der Waals surface area contributed by atoms with Crippen LogP contribution in [0.1, 0.15) is 91.9 Å². The van der Waals surface area contributed by atoms with E-state index in [0.717, 1.165) is 51.4 Å². The molecule has 0 aromatic carbocycles. The lowest BCUT2D eigenvalue weighted by atomic mass is 9.50. The minimum Gasteiger partial charge on any atom is -0.471 e. The summed E-state index contributed by atoms with van der Waals surface area (Å²) in [5, 5.41) is 11.8. The summed E-state index contributed by atoms with van der Waals surface area (Å²) in [6.45, 7) is 8.38. The van der Waals surface area contributed by atoms with Crippen molar-refractivity contribution >= 4 is 18.2 Å². The molecule has 4 aliphatic rings. The molecule has 6 atom stereocenters. The number of methoxy groups -OCH3 is 1. The van der Waals surface area contributed by atoms with Gasteiger partial charge in [-0.3, -0.25) is 14.4 Å². The predicted octanol–water partition coefficient (Wildman–Crippen LogP) is 4.77. The molecule has 5 unspecified atom stereocenters. The molecule has 0 bridgehead atoms. The maximum absolute atomic E-state index is 12.0. The first-order valence-electron chi connectivity index (χ1n) is 12.3. The zero-order valence-electron chi connectivity index (χ0n) is 20.5. The van der Waals surface area contributed by atoms with Crippen molar-refractivity contribution in [1.29, 1.82) is 0 Å². The standard InChI is InChI=1S/C21H30O4.C3H8.C2H4O2/c1-13(22)25-19-9-8-17-18-7-6-14-12-15(23)4-3-5-16(14)21(18,24)11-10-20(17,19)2;1-3-2;1-4-2-3/h12,16-19,24H,3-11H2,1-2H3;3H2,1-2H3;2H,1H3/t16?,17?,18?,19?,20?,21-;;/m0../s1. The first-order valence-corrected chi connectivity index (χ1v) is 12.3. The van der Waals surface area contributed by atoms with E-state index in [4.69, 9.17) is 9.53 Å². The van der Waals surface area contributed by atoms with Crippen LogP contribution in [-0.2, 0) is 23.9 Å². The van der Waals surface area contributed by atoms with E-state index in [1.165, 1.54) is 26.0 Å². The molecule has 0 spiro atoms. The zero-order chi connectivity index (χ0) is 23.9. The van der Waals surface area contributed by atoms with Crippen LogP contribution in [0, 0.1) is 23.2 Å². The number of allylic oxidation sites excluding steroid dienone is 1. The lowest BCUT2D eigenvalue weighted by molar-refractivity contribution is -0.177. The van der Waals surface area contributed by atoms with E-state index < -0.39 is 5.60 Å². The van der Waals surface area contributed by atoms with Crippen LogP contribution >= 0.6 is 0 Å². The van der Waals surface area contributed by atoms with E-state index in [0.29, 0.717) is 18.8 Å². The molecule has 1 N–H and O–H groups in total. The van der Waals surface area contributed by atoms with Crippen molar-refractivity contribution < 1.29 is 29.0 Å². The minimum absolute atomic E-state index is 0.00722. The summed E-state index contributed by atoms with van der Waals surface area (Å²) >= 11 is 0. The SMILES string of the molecule is CC(=O)OC1CCC2C3CCC4=CC(=O)CCCC4[C@@]3(O)CCC12C.CCC.COC=O. The highest BCUT2D eigenvalue weighted by molar-refractivity contribution is 5.90. The fourth-order valence-electron chi connectivity index (χ4n) is 6.70. The van der Waals surface area contributed by atoms with Gasteiger partial charge in [0.15, 0.2) is 5.78 Å². The van der Waals surface area contributed by atoms with E-state index in [-0.39, 0.29) is 35.1 Å². The van der Waals surface area contributed by atoms with Crippen LogP contribution in [0.25, 0.3) is 0 Å². The molecule has 0 heterocycles. The Bertz CT molecular complexity index is 700. The van der Waals surface area contributed by atoms with E-state index in [1.54, 1.807) is 0 Å². The molecule has 182 valence electrons. The summed E-state index contributed by atoms with van der Waals surface area (Å²) in [7, 11) is 1.31. The molecule has 0 aromatic rings. The van der Waals surface area contributed by atoms with Crippen molar-refractivity contribution in [3.05, 3.63) is 11.6 Å². The summed E-state index contributed by atoms with van der Waals surface area (Å²) in [4.78, 5) is 32.4. The van der Waals surface area contributed by atoms with E-state index in [2.05, 4.69) is 25.5 Å². The Morgan fingerprint density at radius 2 is 1.81 bits per heavy atom. The van der Waals surface area contributed by atoms with Crippen LogP contribution in [0.5, 0.6) is 0 Å². The largest absolute Gasteiger partial charge is 0.471 e. The number of ether oxygens (including phenoxy) is 2. The second-order valence-electron chi connectivity index (χ2n) is 10.1. The Hall–Kier alpha value is -1.69. The molecule has 32 heavy (non-hydrogen) atoms. The number of ketones is 1. The molecule has 0 saturated heterocycles. The number of fused-ring (bicyclic) bond motifs is 5. The third kappa shape index (κ3) is 5.44. The number of hydrogen-bond donors (Lipinski definition) is 1. The van der Waals surface area contributed by atoms with Gasteiger partial charge in [0.2, 0.25) is 0 Å². The van der Waals surface area contributed by atoms with Gasteiger partial charge in [-0.05, 0) is 69.3 Å². The third-order valence-electron chi connectivity index (χ3n) is 7.98. The van der Waals surface area contributed by atoms with Gasteiger partial charge in [0.05, 0.1) is 12.7 Å². The number of rotatable bonds is 2. The van der Waals surface area contributed by atoms with Gasteiger partial charge in [-0.15, -0.1) is 0 Å². The topological polar surface area (TPSA) is 89.9 Å². The summed E-state index contributed by atoms with van der Waals surface area (Å²) in [5.41, 5.74) is 0.508. The second-order valence-corrected chi connectivity index (χ2v) is 10.1. The van der Waals surface area contributed by atoms with Gasteiger partial charge in [0.1, 0.15) is 6.10 Å². The molecule has 4 aliphatic carbocycles. The summed E-state index contributed by atoms with van der Waals surface area (Å²) in [6, 6.07) is 0. The van der Waals surface area contributed by atoms with E-state index in [1.807, 2.05) is 6.08 Å². The number of carbonyl (C=O) groups excluding carboxylic acids is 3. The van der Waals surface area contributed by atoms with Crippen molar-refractivity contribution in [2.45, 2.75) is 104 Å². The van der Waals surface area contributed by atoms with Crippen molar-refractivity contribution in [3.8, 4) is 0 Å². The van der Waals surface area contributed by atoms with Gasteiger partial charge < -0.3 is 14.6 Å². The molecule has 6 nitrogen and oxygen atoms in total. The highest BCUT2D eigenvalue weighted by atomic mass is 16.5. The Kier molecular flexibility index (Phi) is 9.50. The summed E-state index contributed by atoms with van der Waals surface area (Å²) in [5.74, 6) is 0.869. The Labute approximate surface area is 193 Å². The monoisotopic (exact) mass is 450 g/mol. The normalized spacial score (nSPS) is 37.4. The molecule has 0 aromatic heterocycles. The first-order chi connectivity index (χ1) is 15.2. The Morgan fingerprint density at radius 1 is 1.16 bits per heavy atom. The average Bonchev–Trinajstić information content (AvgIpc) is 2.93. The van der Waals surface area contributed by atoms with Crippen molar-refractivity contribution in [1.82, 2.24) is 0 Å². The number of aliphatic hydroxyl groups is 1. The van der Waals surface area contributed by atoms with Gasteiger partial charge in [0, 0.05) is 24.7 Å². The fraction of sp³-hybridized carbons (Fsp3) is 0.808.